The highest BCUT2D eigenvalue weighted by molar-refractivity contribution is 5.89. The van der Waals surface area contributed by atoms with Gasteiger partial charge in [-0.2, -0.15) is 13.2 Å². The molecule has 1 rings (SSSR count). The van der Waals surface area contributed by atoms with Gasteiger partial charge in [-0.3, -0.25) is 4.90 Å². The fourth-order valence-electron chi connectivity index (χ4n) is 2.13. The highest BCUT2D eigenvalue weighted by Gasteiger charge is 2.65. The Kier molecular flexibility index (Phi) is 6.78. The lowest BCUT2D eigenvalue weighted by molar-refractivity contribution is -0.220. The van der Waals surface area contributed by atoms with E-state index in [1.54, 1.807) is 30.3 Å². The minimum atomic E-state index is -5.17. The third-order valence-corrected chi connectivity index (χ3v) is 3.39. The summed E-state index contributed by atoms with van der Waals surface area (Å²) in [5.74, 6) is -1.70. The SMILES string of the molecule is C=CCN(C(=O)OCc1ccccc1)C(C=C)(C(=O)OC)C(F)(F)F. The maximum absolute atomic E-state index is 13.7. The van der Waals surface area contributed by atoms with Crippen molar-refractivity contribution in [1.29, 1.82) is 0 Å². The summed E-state index contributed by atoms with van der Waals surface area (Å²) in [5, 5.41) is 0. The molecule has 0 bridgehead atoms. The van der Waals surface area contributed by atoms with Gasteiger partial charge in [0.25, 0.3) is 5.54 Å². The third kappa shape index (κ3) is 4.20. The lowest BCUT2D eigenvalue weighted by Gasteiger charge is -2.38. The van der Waals surface area contributed by atoms with E-state index >= 15 is 0 Å². The van der Waals surface area contributed by atoms with Crippen molar-refractivity contribution in [3.05, 3.63) is 61.2 Å². The first-order valence-corrected chi connectivity index (χ1v) is 7.12. The molecular formula is C17H18F3NO4. The molecule has 1 amide bonds. The number of benzene rings is 1. The van der Waals surface area contributed by atoms with Crippen molar-refractivity contribution < 1.29 is 32.2 Å². The Bertz CT molecular complexity index is 631. The summed E-state index contributed by atoms with van der Waals surface area (Å²) in [5.41, 5.74) is -2.81. The van der Waals surface area contributed by atoms with Crippen LogP contribution >= 0.6 is 0 Å². The molecule has 1 aromatic carbocycles. The van der Waals surface area contributed by atoms with Gasteiger partial charge in [-0.25, -0.2) is 9.59 Å². The molecule has 0 spiro atoms. The normalized spacial score (nSPS) is 13.3. The van der Waals surface area contributed by atoms with Crippen LogP contribution in [0.2, 0.25) is 0 Å². The Labute approximate surface area is 143 Å². The van der Waals surface area contributed by atoms with Crippen LogP contribution < -0.4 is 0 Å². The van der Waals surface area contributed by atoms with Crippen LogP contribution in [0.4, 0.5) is 18.0 Å². The molecule has 0 aromatic heterocycles. The fourth-order valence-corrected chi connectivity index (χ4v) is 2.13. The standard InChI is InChI=1S/C17H18F3NO4/c1-4-11-21(15(23)25-12-13-9-7-6-8-10-13)16(5-2,14(22)24-3)17(18,19)20/h4-10H,1-2,11-12H2,3H3. The number of halogens is 3. The monoisotopic (exact) mass is 357 g/mol. The second-order valence-electron chi connectivity index (χ2n) is 4.90. The molecule has 0 aliphatic carbocycles. The Morgan fingerprint density at radius 1 is 1.20 bits per heavy atom. The van der Waals surface area contributed by atoms with Gasteiger partial charge < -0.3 is 9.47 Å². The van der Waals surface area contributed by atoms with Crippen LogP contribution in [0.1, 0.15) is 5.56 Å². The van der Waals surface area contributed by atoms with E-state index in [9.17, 15) is 22.8 Å². The average Bonchev–Trinajstić information content (AvgIpc) is 2.59. The van der Waals surface area contributed by atoms with E-state index in [1.807, 2.05) is 0 Å². The predicted octanol–water partition coefficient (Wildman–Crippen LogP) is 3.47. The number of alkyl halides is 3. The van der Waals surface area contributed by atoms with E-state index in [1.165, 1.54) is 0 Å². The molecule has 25 heavy (non-hydrogen) atoms. The molecule has 0 N–H and O–H groups in total. The topological polar surface area (TPSA) is 55.8 Å². The zero-order valence-electron chi connectivity index (χ0n) is 13.6. The zero-order valence-corrected chi connectivity index (χ0v) is 13.6. The first kappa shape index (κ1) is 20.3. The van der Waals surface area contributed by atoms with Crippen LogP contribution in [-0.4, -0.2) is 42.3 Å². The van der Waals surface area contributed by atoms with Crippen LogP contribution in [0, 0.1) is 0 Å². The third-order valence-electron chi connectivity index (χ3n) is 3.39. The first-order valence-electron chi connectivity index (χ1n) is 7.12. The molecule has 8 heteroatoms. The van der Waals surface area contributed by atoms with Crippen molar-refractivity contribution in [2.24, 2.45) is 0 Å². The maximum Gasteiger partial charge on any atom is 0.426 e. The molecule has 0 fully saturated rings. The Hall–Kier alpha value is -2.77. The van der Waals surface area contributed by atoms with Gasteiger partial charge in [0.2, 0.25) is 0 Å². The van der Waals surface area contributed by atoms with E-state index in [0.717, 1.165) is 13.2 Å². The maximum atomic E-state index is 13.7. The van der Waals surface area contributed by atoms with Gasteiger partial charge in [0.15, 0.2) is 0 Å². The summed E-state index contributed by atoms with van der Waals surface area (Å²) in [4.78, 5) is 24.4. The number of hydrogen-bond donors (Lipinski definition) is 0. The Morgan fingerprint density at radius 3 is 2.24 bits per heavy atom. The van der Waals surface area contributed by atoms with Gasteiger partial charge in [0, 0.05) is 6.54 Å². The van der Waals surface area contributed by atoms with Crippen LogP contribution in [0.5, 0.6) is 0 Å². The van der Waals surface area contributed by atoms with E-state index in [-0.39, 0.29) is 11.5 Å². The molecule has 0 aliphatic heterocycles. The molecule has 136 valence electrons. The van der Waals surface area contributed by atoms with Crippen molar-refractivity contribution in [2.45, 2.75) is 18.3 Å². The van der Waals surface area contributed by atoms with E-state index < -0.39 is 30.3 Å². The molecule has 0 saturated heterocycles. The molecule has 1 unspecified atom stereocenters. The number of carbonyl (C=O) groups is 2. The van der Waals surface area contributed by atoms with Crippen molar-refractivity contribution in [2.75, 3.05) is 13.7 Å². The number of rotatable bonds is 7. The first-order chi connectivity index (χ1) is 11.7. The molecule has 1 atom stereocenters. The smallest absolute Gasteiger partial charge is 0.426 e. The Morgan fingerprint density at radius 2 is 1.80 bits per heavy atom. The van der Waals surface area contributed by atoms with Crippen molar-refractivity contribution >= 4 is 12.1 Å². The van der Waals surface area contributed by atoms with E-state index in [2.05, 4.69) is 17.9 Å². The summed E-state index contributed by atoms with van der Waals surface area (Å²) in [7, 11) is 0.785. The minimum Gasteiger partial charge on any atom is -0.467 e. The van der Waals surface area contributed by atoms with Gasteiger partial charge in [0.1, 0.15) is 6.61 Å². The summed E-state index contributed by atoms with van der Waals surface area (Å²) in [6.45, 7) is 5.51. The average molecular weight is 357 g/mol. The van der Waals surface area contributed by atoms with Crippen LogP contribution in [0.25, 0.3) is 0 Å². The lowest BCUT2D eigenvalue weighted by atomic mass is 9.96. The lowest BCUT2D eigenvalue weighted by Crippen LogP contribution is -2.64. The number of amides is 1. The molecule has 0 aliphatic rings. The second-order valence-corrected chi connectivity index (χ2v) is 4.90. The van der Waals surface area contributed by atoms with E-state index in [0.29, 0.717) is 11.6 Å². The predicted molar refractivity (Wildman–Crippen MR) is 84.5 cm³/mol. The van der Waals surface area contributed by atoms with Crippen LogP contribution in [-0.2, 0) is 20.9 Å². The summed E-state index contributed by atoms with van der Waals surface area (Å²) >= 11 is 0. The van der Waals surface area contributed by atoms with Gasteiger partial charge in [-0.05, 0) is 11.6 Å². The molecule has 0 saturated carbocycles. The molecule has 5 nitrogen and oxygen atoms in total. The summed E-state index contributed by atoms with van der Waals surface area (Å²) in [6.07, 6.45) is -5.18. The highest BCUT2D eigenvalue weighted by Crippen LogP contribution is 2.38. The van der Waals surface area contributed by atoms with Crippen LogP contribution in [0.3, 0.4) is 0 Å². The quantitative estimate of drug-likeness (QED) is 0.554. The summed E-state index contributed by atoms with van der Waals surface area (Å²) in [6, 6.07) is 8.37. The van der Waals surface area contributed by atoms with Crippen molar-refractivity contribution in [3.63, 3.8) is 0 Å². The number of ether oxygens (including phenoxy) is 2. The van der Waals surface area contributed by atoms with Gasteiger partial charge >= 0.3 is 18.2 Å². The highest BCUT2D eigenvalue weighted by atomic mass is 19.4. The summed E-state index contributed by atoms with van der Waals surface area (Å²) < 4.78 is 50.1. The van der Waals surface area contributed by atoms with Crippen molar-refractivity contribution in [1.82, 2.24) is 4.90 Å². The van der Waals surface area contributed by atoms with Crippen LogP contribution in [0.15, 0.2) is 55.6 Å². The molecule has 0 radical (unpaired) electrons. The molecule has 1 aromatic rings. The van der Waals surface area contributed by atoms with Crippen molar-refractivity contribution in [3.8, 4) is 0 Å². The molecular weight excluding hydrogens is 339 g/mol. The largest absolute Gasteiger partial charge is 0.467 e. The second kappa shape index (κ2) is 8.36. The molecule has 0 heterocycles. The number of nitrogens with zero attached hydrogens (tertiary/aromatic N) is 1. The number of hydrogen-bond acceptors (Lipinski definition) is 4. The zero-order chi connectivity index (χ0) is 19.1. The fraction of sp³-hybridized carbons (Fsp3) is 0.294. The number of carbonyl (C=O) groups excluding carboxylic acids is 2. The van der Waals surface area contributed by atoms with Gasteiger partial charge in [0.05, 0.1) is 7.11 Å². The van der Waals surface area contributed by atoms with Gasteiger partial charge in [-0.15, -0.1) is 6.58 Å². The minimum absolute atomic E-state index is 0.182. The number of esters is 1. The van der Waals surface area contributed by atoms with Gasteiger partial charge in [-0.1, -0.05) is 43.0 Å². The Balaban J connectivity index is 3.19. The van der Waals surface area contributed by atoms with E-state index in [4.69, 9.17) is 4.74 Å². The number of methoxy groups -OCH3 is 1.